The Morgan fingerprint density at radius 2 is 1.90 bits per heavy atom. The van der Waals surface area contributed by atoms with E-state index < -0.39 is 11.9 Å². The average Bonchev–Trinajstić information content (AvgIpc) is 2.92. The van der Waals surface area contributed by atoms with Gasteiger partial charge in [0.1, 0.15) is 0 Å². The van der Waals surface area contributed by atoms with Gasteiger partial charge in [-0.15, -0.1) is 12.4 Å². The van der Waals surface area contributed by atoms with Crippen LogP contribution in [0.4, 0.5) is 11.4 Å². The van der Waals surface area contributed by atoms with Crippen LogP contribution in [0.25, 0.3) is 0 Å². The highest BCUT2D eigenvalue weighted by molar-refractivity contribution is 6.00. The highest BCUT2D eigenvalue weighted by Gasteiger charge is 2.19. The number of nitrogens with two attached hydrogens (primary N) is 2. The Labute approximate surface area is 130 Å². The molecule has 0 aromatic heterocycles. The summed E-state index contributed by atoms with van der Waals surface area (Å²) in [4.78, 5) is 25.2. The van der Waals surface area contributed by atoms with E-state index in [1.165, 1.54) is 0 Å². The van der Waals surface area contributed by atoms with Crippen molar-refractivity contribution >= 4 is 35.6 Å². The molecule has 1 saturated heterocycles. The molecule has 0 radical (unpaired) electrons. The van der Waals surface area contributed by atoms with Crippen LogP contribution in [0, 0.1) is 0 Å². The van der Waals surface area contributed by atoms with E-state index in [4.69, 9.17) is 11.5 Å². The van der Waals surface area contributed by atoms with Gasteiger partial charge in [-0.05, 0) is 38.0 Å². The molecule has 2 amide bonds. The van der Waals surface area contributed by atoms with Crippen LogP contribution >= 0.6 is 12.4 Å². The van der Waals surface area contributed by atoms with Crippen molar-refractivity contribution < 1.29 is 9.59 Å². The van der Waals surface area contributed by atoms with E-state index in [1.54, 1.807) is 19.1 Å². The second-order valence-corrected chi connectivity index (χ2v) is 5.07. The third-order valence-electron chi connectivity index (χ3n) is 3.40. The summed E-state index contributed by atoms with van der Waals surface area (Å²) in [6.45, 7) is 3.50. The van der Waals surface area contributed by atoms with Crippen molar-refractivity contribution in [1.82, 2.24) is 0 Å². The highest BCUT2D eigenvalue weighted by Crippen LogP contribution is 2.30. The van der Waals surface area contributed by atoms with Crippen molar-refractivity contribution in [2.75, 3.05) is 23.3 Å². The standard InChI is InChI=1S/C14H20N4O2.ClH/c1-9(15)14(20)17-11-8-10(13(16)19)4-5-12(11)18-6-2-3-7-18;/h4-5,8-9H,2-3,6-7,15H2,1H3,(H2,16,19)(H,17,20);1H/t9-;/m0./s1. The van der Waals surface area contributed by atoms with E-state index in [0.717, 1.165) is 31.6 Å². The number of amides is 2. The Bertz CT molecular complexity index is 528. The lowest BCUT2D eigenvalue weighted by Gasteiger charge is -2.22. The summed E-state index contributed by atoms with van der Waals surface area (Å²) in [6, 6.07) is 4.49. The van der Waals surface area contributed by atoms with E-state index in [0.29, 0.717) is 11.3 Å². The van der Waals surface area contributed by atoms with Crippen LogP contribution in [0.5, 0.6) is 0 Å². The molecule has 0 spiro atoms. The van der Waals surface area contributed by atoms with Crippen molar-refractivity contribution in [2.45, 2.75) is 25.8 Å². The summed E-state index contributed by atoms with van der Waals surface area (Å²) in [7, 11) is 0. The molecule has 2 rings (SSSR count). The molecule has 1 fully saturated rings. The number of rotatable bonds is 4. The normalized spacial score (nSPS) is 15.2. The SMILES string of the molecule is C[C@H](N)C(=O)Nc1cc(C(N)=O)ccc1N1CCCC1.Cl. The lowest BCUT2D eigenvalue weighted by Crippen LogP contribution is -2.33. The molecule has 1 aromatic carbocycles. The molecule has 21 heavy (non-hydrogen) atoms. The first-order valence-electron chi connectivity index (χ1n) is 6.74. The van der Waals surface area contributed by atoms with Gasteiger partial charge in [-0.25, -0.2) is 0 Å². The maximum atomic E-state index is 11.8. The first kappa shape index (κ1) is 17.3. The lowest BCUT2D eigenvalue weighted by molar-refractivity contribution is -0.117. The van der Waals surface area contributed by atoms with Crippen LogP contribution in [0.2, 0.25) is 0 Å². The average molecular weight is 313 g/mol. The van der Waals surface area contributed by atoms with Gasteiger partial charge in [-0.1, -0.05) is 0 Å². The van der Waals surface area contributed by atoms with Gasteiger partial charge in [0, 0.05) is 18.7 Å². The topological polar surface area (TPSA) is 101 Å². The van der Waals surface area contributed by atoms with Gasteiger partial charge in [0.2, 0.25) is 11.8 Å². The Kier molecular flexibility index (Phi) is 5.99. The number of nitrogens with zero attached hydrogens (tertiary/aromatic N) is 1. The largest absolute Gasteiger partial charge is 0.370 e. The van der Waals surface area contributed by atoms with Crippen LogP contribution in [0.1, 0.15) is 30.1 Å². The minimum atomic E-state index is -0.612. The molecule has 1 aliphatic rings. The monoisotopic (exact) mass is 312 g/mol. The van der Waals surface area contributed by atoms with Crippen LogP contribution in [0.3, 0.4) is 0 Å². The first-order chi connectivity index (χ1) is 9.49. The molecule has 0 saturated carbocycles. The second-order valence-electron chi connectivity index (χ2n) is 5.07. The van der Waals surface area contributed by atoms with E-state index in [2.05, 4.69) is 10.2 Å². The van der Waals surface area contributed by atoms with Crippen molar-refractivity contribution in [1.29, 1.82) is 0 Å². The number of anilines is 2. The molecule has 0 aliphatic carbocycles. The summed E-state index contributed by atoms with van der Waals surface area (Å²) < 4.78 is 0. The summed E-state index contributed by atoms with van der Waals surface area (Å²) in [6.07, 6.45) is 2.25. The maximum absolute atomic E-state index is 11.8. The summed E-state index contributed by atoms with van der Waals surface area (Å²) >= 11 is 0. The van der Waals surface area contributed by atoms with Crippen molar-refractivity contribution in [2.24, 2.45) is 11.5 Å². The van der Waals surface area contributed by atoms with E-state index in [1.807, 2.05) is 6.07 Å². The molecule has 1 atom stereocenters. The van der Waals surface area contributed by atoms with Crippen LogP contribution in [0.15, 0.2) is 18.2 Å². The Morgan fingerprint density at radius 3 is 2.43 bits per heavy atom. The van der Waals surface area contributed by atoms with Crippen LogP contribution in [-0.4, -0.2) is 30.9 Å². The van der Waals surface area contributed by atoms with Gasteiger partial charge in [-0.2, -0.15) is 0 Å². The van der Waals surface area contributed by atoms with E-state index in [9.17, 15) is 9.59 Å². The molecule has 6 nitrogen and oxygen atoms in total. The number of carbonyl (C=O) groups excluding carboxylic acids is 2. The second kappa shape index (κ2) is 7.28. The van der Waals surface area contributed by atoms with Gasteiger partial charge in [0.15, 0.2) is 0 Å². The third-order valence-corrected chi connectivity index (χ3v) is 3.40. The number of carbonyl (C=O) groups is 2. The molecule has 5 N–H and O–H groups in total. The zero-order valence-electron chi connectivity index (χ0n) is 12.0. The predicted octanol–water partition coefficient (Wildman–Crippen LogP) is 1.09. The molecular formula is C14H21ClN4O2. The molecule has 0 bridgehead atoms. The van der Waals surface area contributed by atoms with Crippen molar-refractivity contribution in [3.8, 4) is 0 Å². The van der Waals surface area contributed by atoms with Gasteiger partial charge in [0.05, 0.1) is 17.4 Å². The smallest absolute Gasteiger partial charge is 0.248 e. The van der Waals surface area contributed by atoms with Crippen molar-refractivity contribution in [3.63, 3.8) is 0 Å². The summed E-state index contributed by atoms with van der Waals surface area (Å²) in [5.41, 5.74) is 12.7. The summed E-state index contributed by atoms with van der Waals surface area (Å²) in [5.74, 6) is -0.804. The maximum Gasteiger partial charge on any atom is 0.248 e. The predicted molar refractivity (Wildman–Crippen MR) is 85.9 cm³/mol. The van der Waals surface area contributed by atoms with Gasteiger partial charge >= 0.3 is 0 Å². The fourth-order valence-corrected chi connectivity index (χ4v) is 2.27. The number of primary amides is 1. The molecule has 1 aromatic rings. The van der Waals surface area contributed by atoms with E-state index in [-0.39, 0.29) is 18.3 Å². The Balaban J connectivity index is 0.00000220. The molecule has 0 unspecified atom stereocenters. The molecule has 7 heteroatoms. The molecule has 1 heterocycles. The van der Waals surface area contributed by atoms with Gasteiger partial charge in [-0.3, -0.25) is 9.59 Å². The first-order valence-corrected chi connectivity index (χ1v) is 6.74. The number of halogens is 1. The minimum Gasteiger partial charge on any atom is -0.370 e. The molecule has 116 valence electrons. The molecule has 1 aliphatic heterocycles. The van der Waals surface area contributed by atoms with Gasteiger partial charge in [0.25, 0.3) is 0 Å². The third kappa shape index (κ3) is 4.09. The quantitative estimate of drug-likeness (QED) is 0.774. The summed E-state index contributed by atoms with van der Waals surface area (Å²) in [5, 5.41) is 2.77. The highest BCUT2D eigenvalue weighted by atomic mass is 35.5. The molecular weight excluding hydrogens is 292 g/mol. The Hall–Kier alpha value is -1.79. The fraction of sp³-hybridized carbons (Fsp3) is 0.429. The van der Waals surface area contributed by atoms with Crippen LogP contribution in [-0.2, 0) is 4.79 Å². The van der Waals surface area contributed by atoms with Crippen LogP contribution < -0.4 is 21.7 Å². The minimum absolute atomic E-state index is 0. The zero-order chi connectivity index (χ0) is 14.7. The zero-order valence-corrected chi connectivity index (χ0v) is 12.8. The number of hydrogen-bond donors (Lipinski definition) is 3. The Morgan fingerprint density at radius 1 is 1.29 bits per heavy atom. The van der Waals surface area contributed by atoms with Crippen molar-refractivity contribution in [3.05, 3.63) is 23.8 Å². The number of nitrogens with one attached hydrogen (secondary N) is 1. The lowest BCUT2D eigenvalue weighted by atomic mass is 10.1. The fourth-order valence-electron chi connectivity index (χ4n) is 2.27. The van der Waals surface area contributed by atoms with Gasteiger partial charge < -0.3 is 21.7 Å². The number of benzene rings is 1. The number of hydrogen-bond acceptors (Lipinski definition) is 4. The van der Waals surface area contributed by atoms with E-state index >= 15 is 0 Å².